The van der Waals surface area contributed by atoms with Crippen LogP contribution in [0.1, 0.15) is 13.8 Å². The number of hydrogen-bond donors (Lipinski definition) is 3. The summed E-state index contributed by atoms with van der Waals surface area (Å²) in [5, 5.41) is 14.1. The average molecular weight is 430 g/mol. The van der Waals surface area contributed by atoms with Gasteiger partial charge < -0.3 is 20.1 Å². The van der Waals surface area contributed by atoms with Crippen LogP contribution in [0, 0.1) is 0 Å². The number of amides is 1. The third-order valence-electron chi connectivity index (χ3n) is 4.95. The first-order valence-corrected chi connectivity index (χ1v) is 10.3. The van der Waals surface area contributed by atoms with E-state index in [-0.39, 0.29) is 18.6 Å². The van der Waals surface area contributed by atoms with Crippen LogP contribution in [0.2, 0.25) is 0 Å². The first-order valence-electron chi connectivity index (χ1n) is 10.3. The van der Waals surface area contributed by atoms with Crippen molar-refractivity contribution in [3.8, 4) is 22.9 Å². The number of aromatic amines is 1. The molecule has 5 rings (SSSR count). The van der Waals surface area contributed by atoms with Crippen molar-refractivity contribution in [3.63, 3.8) is 0 Å². The first kappa shape index (κ1) is 19.8. The van der Waals surface area contributed by atoms with Crippen molar-refractivity contribution in [1.29, 1.82) is 0 Å². The highest BCUT2D eigenvalue weighted by Crippen LogP contribution is 2.35. The number of anilines is 2. The van der Waals surface area contributed by atoms with Gasteiger partial charge in [0.05, 0.1) is 11.7 Å². The number of carbonyl (C=O) groups is 1. The standard InChI is InChI=1S/C23H22N6O3/c1-13(2)26-23(30)20-12-31-18-6-3-14(10-19(18)32-20)22-24-8-7-21(28-22)27-16-4-5-17-15(9-16)11-25-29-17/h3-11,13,20H,12H2,1-2H3,(H,25,29)(H,26,30)(H,24,27,28). The van der Waals surface area contributed by atoms with Crippen molar-refractivity contribution in [2.45, 2.75) is 26.0 Å². The Morgan fingerprint density at radius 2 is 2.06 bits per heavy atom. The predicted octanol–water partition coefficient (Wildman–Crippen LogP) is 3.43. The summed E-state index contributed by atoms with van der Waals surface area (Å²) in [6.45, 7) is 3.97. The van der Waals surface area contributed by atoms with Crippen LogP contribution in [-0.4, -0.2) is 44.8 Å². The first-order chi connectivity index (χ1) is 15.5. The highest BCUT2D eigenvalue weighted by Gasteiger charge is 2.28. The molecule has 2 aromatic carbocycles. The van der Waals surface area contributed by atoms with Crippen molar-refractivity contribution in [2.75, 3.05) is 11.9 Å². The van der Waals surface area contributed by atoms with Crippen LogP contribution < -0.4 is 20.1 Å². The number of aromatic nitrogens is 4. The third kappa shape index (κ3) is 4.04. The Morgan fingerprint density at radius 1 is 1.16 bits per heavy atom. The molecule has 0 saturated carbocycles. The van der Waals surface area contributed by atoms with Gasteiger partial charge in [0.25, 0.3) is 5.91 Å². The molecule has 0 spiro atoms. The van der Waals surface area contributed by atoms with E-state index in [4.69, 9.17) is 9.47 Å². The molecule has 1 amide bonds. The Labute approximate surface area is 184 Å². The molecule has 9 nitrogen and oxygen atoms in total. The van der Waals surface area contributed by atoms with E-state index >= 15 is 0 Å². The highest BCUT2D eigenvalue weighted by atomic mass is 16.6. The van der Waals surface area contributed by atoms with E-state index in [1.54, 1.807) is 30.6 Å². The van der Waals surface area contributed by atoms with Crippen molar-refractivity contribution < 1.29 is 14.3 Å². The molecule has 0 bridgehead atoms. The fourth-order valence-electron chi connectivity index (χ4n) is 3.45. The Kier molecular flexibility index (Phi) is 5.06. The lowest BCUT2D eigenvalue weighted by Crippen LogP contribution is -2.46. The van der Waals surface area contributed by atoms with Crippen LogP contribution in [0.3, 0.4) is 0 Å². The van der Waals surface area contributed by atoms with Gasteiger partial charge in [-0.1, -0.05) is 0 Å². The lowest BCUT2D eigenvalue weighted by molar-refractivity contribution is -0.130. The minimum absolute atomic E-state index is 0.0247. The third-order valence-corrected chi connectivity index (χ3v) is 4.95. The lowest BCUT2D eigenvalue weighted by atomic mass is 10.1. The second kappa shape index (κ2) is 8.18. The van der Waals surface area contributed by atoms with Gasteiger partial charge in [0.2, 0.25) is 6.10 Å². The fraction of sp³-hybridized carbons (Fsp3) is 0.217. The number of fused-ring (bicyclic) bond motifs is 2. The summed E-state index contributed by atoms with van der Waals surface area (Å²) in [5.74, 6) is 2.06. The molecule has 3 heterocycles. The van der Waals surface area contributed by atoms with E-state index in [0.717, 1.165) is 22.2 Å². The molecule has 32 heavy (non-hydrogen) atoms. The van der Waals surface area contributed by atoms with Crippen LogP contribution in [-0.2, 0) is 4.79 Å². The zero-order valence-electron chi connectivity index (χ0n) is 17.6. The van der Waals surface area contributed by atoms with Gasteiger partial charge >= 0.3 is 0 Å². The van der Waals surface area contributed by atoms with E-state index in [1.807, 2.05) is 38.1 Å². The smallest absolute Gasteiger partial charge is 0.264 e. The maximum atomic E-state index is 12.3. The normalized spacial score (nSPS) is 15.0. The summed E-state index contributed by atoms with van der Waals surface area (Å²) >= 11 is 0. The van der Waals surface area contributed by atoms with Crippen molar-refractivity contribution in [2.24, 2.45) is 0 Å². The van der Waals surface area contributed by atoms with Crippen molar-refractivity contribution in [1.82, 2.24) is 25.5 Å². The van der Waals surface area contributed by atoms with Crippen LogP contribution in [0.25, 0.3) is 22.3 Å². The van der Waals surface area contributed by atoms with Gasteiger partial charge in [-0.2, -0.15) is 5.10 Å². The second-order valence-electron chi connectivity index (χ2n) is 7.80. The summed E-state index contributed by atoms with van der Waals surface area (Å²) in [7, 11) is 0. The molecule has 1 atom stereocenters. The topological polar surface area (TPSA) is 114 Å². The van der Waals surface area contributed by atoms with Crippen LogP contribution in [0.15, 0.2) is 54.9 Å². The Morgan fingerprint density at radius 3 is 2.94 bits per heavy atom. The monoisotopic (exact) mass is 430 g/mol. The molecule has 0 aliphatic carbocycles. The SMILES string of the molecule is CC(C)NC(=O)C1COc2ccc(-c3nccc(Nc4ccc5[nH]ncc5c4)n3)cc2O1. The number of rotatable bonds is 5. The molecule has 9 heteroatoms. The zero-order valence-corrected chi connectivity index (χ0v) is 17.6. The maximum absolute atomic E-state index is 12.3. The second-order valence-corrected chi connectivity index (χ2v) is 7.80. The van der Waals surface area contributed by atoms with Gasteiger partial charge in [0.1, 0.15) is 12.4 Å². The number of nitrogens with zero attached hydrogens (tertiary/aromatic N) is 3. The molecular weight excluding hydrogens is 408 g/mol. The number of H-pyrrole nitrogens is 1. The van der Waals surface area contributed by atoms with Crippen molar-refractivity contribution in [3.05, 3.63) is 54.9 Å². The fourth-order valence-corrected chi connectivity index (χ4v) is 3.45. The van der Waals surface area contributed by atoms with Gasteiger partial charge in [-0.15, -0.1) is 0 Å². The molecule has 1 aliphatic heterocycles. The largest absolute Gasteiger partial charge is 0.485 e. The molecule has 0 saturated heterocycles. The van der Waals surface area contributed by atoms with E-state index in [0.29, 0.717) is 23.1 Å². The minimum Gasteiger partial charge on any atom is -0.485 e. The summed E-state index contributed by atoms with van der Waals surface area (Å²) in [4.78, 5) is 21.3. The van der Waals surface area contributed by atoms with Gasteiger partial charge in [-0.25, -0.2) is 9.97 Å². The molecule has 162 valence electrons. The average Bonchev–Trinajstić information content (AvgIpc) is 3.26. The van der Waals surface area contributed by atoms with Crippen molar-refractivity contribution >= 4 is 28.3 Å². The Bertz CT molecular complexity index is 1290. The summed E-state index contributed by atoms with van der Waals surface area (Å²) in [6, 6.07) is 13.2. The number of nitrogens with one attached hydrogen (secondary N) is 3. The lowest BCUT2D eigenvalue weighted by Gasteiger charge is -2.26. The molecule has 1 aliphatic rings. The number of hydrogen-bond acceptors (Lipinski definition) is 7. The molecular formula is C23H22N6O3. The number of carbonyl (C=O) groups excluding carboxylic acids is 1. The quantitative estimate of drug-likeness (QED) is 0.444. The van der Waals surface area contributed by atoms with Gasteiger partial charge in [0, 0.05) is 28.9 Å². The predicted molar refractivity (Wildman–Crippen MR) is 120 cm³/mol. The molecule has 4 aromatic rings. The summed E-state index contributed by atoms with van der Waals surface area (Å²) in [6.07, 6.45) is 2.76. The van der Waals surface area contributed by atoms with Gasteiger partial charge in [-0.3, -0.25) is 9.89 Å². The number of benzene rings is 2. The molecule has 2 aromatic heterocycles. The van der Waals surface area contributed by atoms with Gasteiger partial charge in [0.15, 0.2) is 17.3 Å². The molecule has 0 fully saturated rings. The number of ether oxygens (including phenoxy) is 2. The maximum Gasteiger partial charge on any atom is 0.264 e. The Balaban J connectivity index is 1.37. The Hall–Kier alpha value is -4.14. The molecule has 1 unspecified atom stereocenters. The minimum atomic E-state index is -0.702. The van der Waals surface area contributed by atoms with E-state index < -0.39 is 6.10 Å². The van der Waals surface area contributed by atoms with E-state index in [9.17, 15) is 4.79 Å². The summed E-state index contributed by atoms with van der Waals surface area (Å²) < 4.78 is 11.6. The van der Waals surface area contributed by atoms with E-state index in [2.05, 4.69) is 30.8 Å². The van der Waals surface area contributed by atoms with Crippen LogP contribution in [0.5, 0.6) is 11.5 Å². The van der Waals surface area contributed by atoms with E-state index in [1.165, 1.54) is 0 Å². The van der Waals surface area contributed by atoms with Gasteiger partial charge in [-0.05, 0) is 56.3 Å². The van der Waals surface area contributed by atoms with Crippen LogP contribution >= 0.6 is 0 Å². The van der Waals surface area contributed by atoms with Crippen LogP contribution in [0.4, 0.5) is 11.5 Å². The molecule has 3 N–H and O–H groups in total. The highest BCUT2D eigenvalue weighted by molar-refractivity contribution is 5.83. The summed E-state index contributed by atoms with van der Waals surface area (Å²) in [5.41, 5.74) is 2.62. The zero-order chi connectivity index (χ0) is 22.1. The molecule has 0 radical (unpaired) electrons.